The van der Waals surface area contributed by atoms with Crippen LogP contribution >= 0.6 is 23.4 Å². The van der Waals surface area contributed by atoms with Gasteiger partial charge in [0.1, 0.15) is 5.82 Å². The van der Waals surface area contributed by atoms with Crippen LogP contribution in [0.25, 0.3) is 0 Å². The number of carboxylic acids is 1. The Morgan fingerprint density at radius 3 is 2.79 bits per heavy atom. The van der Waals surface area contributed by atoms with Gasteiger partial charge in [-0.1, -0.05) is 17.7 Å². The molecule has 0 spiro atoms. The van der Waals surface area contributed by atoms with Crippen LogP contribution in [-0.2, 0) is 5.75 Å². The predicted molar refractivity (Wildman–Crippen MR) is 74.4 cm³/mol. The molecule has 0 amide bonds. The van der Waals surface area contributed by atoms with E-state index >= 15 is 0 Å². The Balaban J connectivity index is 2.12. The maximum Gasteiger partial charge on any atom is 0.335 e. The molecule has 2 rings (SSSR count). The molecule has 5 heteroatoms. The molecule has 2 nitrogen and oxygen atoms in total. The van der Waals surface area contributed by atoms with Gasteiger partial charge in [0.25, 0.3) is 0 Å². The van der Waals surface area contributed by atoms with Crippen LogP contribution in [0.2, 0.25) is 5.02 Å². The summed E-state index contributed by atoms with van der Waals surface area (Å²) < 4.78 is 13.5. The number of carbonyl (C=O) groups is 1. The first-order chi connectivity index (χ1) is 9.06. The molecule has 98 valence electrons. The summed E-state index contributed by atoms with van der Waals surface area (Å²) in [4.78, 5) is 11.6. The van der Waals surface area contributed by atoms with Gasteiger partial charge in [-0.2, -0.15) is 0 Å². The monoisotopic (exact) mass is 296 g/mol. The van der Waals surface area contributed by atoms with Gasteiger partial charge in [-0.05, 0) is 42.0 Å². The molecule has 0 unspecified atom stereocenters. The van der Waals surface area contributed by atoms with E-state index in [9.17, 15) is 9.18 Å². The molecule has 1 N–H and O–H groups in total. The van der Waals surface area contributed by atoms with Crippen molar-refractivity contribution in [3.05, 3.63) is 64.4 Å². The smallest absolute Gasteiger partial charge is 0.335 e. The molecule has 0 heterocycles. The SMILES string of the molecule is O=C(O)c1cccc(SCc2cc(Cl)ccc2F)c1. The summed E-state index contributed by atoms with van der Waals surface area (Å²) in [6, 6.07) is 10.9. The summed E-state index contributed by atoms with van der Waals surface area (Å²) in [5.74, 6) is -0.891. The molecular weight excluding hydrogens is 287 g/mol. The zero-order chi connectivity index (χ0) is 13.8. The van der Waals surface area contributed by atoms with Gasteiger partial charge in [-0.3, -0.25) is 0 Å². The first-order valence-corrected chi connectivity index (χ1v) is 6.83. The molecule has 19 heavy (non-hydrogen) atoms. The van der Waals surface area contributed by atoms with Crippen LogP contribution < -0.4 is 0 Å². The van der Waals surface area contributed by atoms with Crippen molar-refractivity contribution in [3.63, 3.8) is 0 Å². The summed E-state index contributed by atoms with van der Waals surface area (Å²) in [5.41, 5.74) is 0.717. The standard InChI is InChI=1S/C14H10ClFO2S/c15-11-4-5-13(16)10(6-11)8-19-12-3-1-2-9(7-12)14(17)18/h1-7H,8H2,(H,17,18). The van der Waals surface area contributed by atoms with Crippen LogP contribution in [0.4, 0.5) is 4.39 Å². The van der Waals surface area contributed by atoms with Gasteiger partial charge < -0.3 is 5.11 Å². The highest BCUT2D eigenvalue weighted by Crippen LogP contribution is 2.26. The third kappa shape index (κ3) is 3.72. The number of benzene rings is 2. The van der Waals surface area contributed by atoms with E-state index in [1.165, 1.54) is 30.0 Å². The second kappa shape index (κ2) is 6.08. The Morgan fingerprint density at radius 1 is 1.26 bits per heavy atom. The Kier molecular flexibility index (Phi) is 4.45. The van der Waals surface area contributed by atoms with Crippen molar-refractivity contribution in [1.29, 1.82) is 0 Å². The Morgan fingerprint density at radius 2 is 2.05 bits per heavy atom. The van der Waals surface area contributed by atoms with Crippen molar-refractivity contribution in [2.45, 2.75) is 10.6 Å². The molecular formula is C14H10ClFO2S. The number of thioether (sulfide) groups is 1. The fourth-order valence-electron chi connectivity index (χ4n) is 1.53. The van der Waals surface area contributed by atoms with Gasteiger partial charge in [0.15, 0.2) is 0 Å². The summed E-state index contributed by atoms with van der Waals surface area (Å²) in [5, 5.41) is 9.37. The normalized spacial score (nSPS) is 10.4. The molecule has 0 fully saturated rings. The van der Waals surface area contributed by atoms with Crippen molar-refractivity contribution in [2.75, 3.05) is 0 Å². The van der Waals surface area contributed by atoms with Crippen LogP contribution in [-0.4, -0.2) is 11.1 Å². The van der Waals surface area contributed by atoms with Crippen LogP contribution in [0.15, 0.2) is 47.4 Å². The summed E-state index contributed by atoms with van der Waals surface area (Å²) >= 11 is 7.18. The van der Waals surface area contributed by atoms with Gasteiger partial charge in [0.05, 0.1) is 5.56 Å². The number of rotatable bonds is 4. The highest BCUT2D eigenvalue weighted by molar-refractivity contribution is 7.98. The zero-order valence-corrected chi connectivity index (χ0v) is 11.3. The zero-order valence-electron chi connectivity index (χ0n) is 9.77. The highest BCUT2D eigenvalue weighted by Gasteiger charge is 2.06. The molecule has 0 aromatic heterocycles. The number of hydrogen-bond acceptors (Lipinski definition) is 2. The Labute approximate surface area is 119 Å². The summed E-state index contributed by atoms with van der Waals surface area (Å²) in [6.45, 7) is 0. The minimum Gasteiger partial charge on any atom is -0.478 e. The maximum absolute atomic E-state index is 13.5. The second-order valence-electron chi connectivity index (χ2n) is 3.86. The molecule has 0 radical (unpaired) electrons. The predicted octanol–water partition coefficient (Wildman–Crippen LogP) is 4.47. The van der Waals surface area contributed by atoms with Gasteiger partial charge in [0, 0.05) is 15.7 Å². The van der Waals surface area contributed by atoms with Crippen LogP contribution in [0.3, 0.4) is 0 Å². The van der Waals surface area contributed by atoms with Crippen LogP contribution in [0.5, 0.6) is 0 Å². The van der Waals surface area contributed by atoms with E-state index in [1.54, 1.807) is 24.3 Å². The molecule has 2 aromatic carbocycles. The highest BCUT2D eigenvalue weighted by atomic mass is 35.5. The fraction of sp³-hybridized carbons (Fsp3) is 0.0714. The summed E-state index contributed by atoms with van der Waals surface area (Å²) in [7, 11) is 0. The number of halogens is 2. The number of aromatic carboxylic acids is 1. The lowest BCUT2D eigenvalue weighted by Gasteiger charge is -2.05. The van der Waals surface area contributed by atoms with E-state index < -0.39 is 5.97 Å². The van der Waals surface area contributed by atoms with E-state index in [0.29, 0.717) is 16.3 Å². The van der Waals surface area contributed by atoms with Crippen molar-refractivity contribution >= 4 is 29.3 Å². The van der Waals surface area contributed by atoms with Gasteiger partial charge in [0.2, 0.25) is 0 Å². The minimum atomic E-state index is -0.976. The molecule has 0 aliphatic rings. The summed E-state index contributed by atoms with van der Waals surface area (Å²) in [6.07, 6.45) is 0. The van der Waals surface area contributed by atoms with Gasteiger partial charge >= 0.3 is 5.97 Å². The molecule has 0 aliphatic heterocycles. The van der Waals surface area contributed by atoms with Gasteiger partial charge in [-0.25, -0.2) is 9.18 Å². The van der Waals surface area contributed by atoms with E-state index in [1.807, 2.05) is 0 Å². The van der Waals surface area contributed by atoms with Crippen LogP contribution in [0.1, 0.15) is 15.9 Å². The van der Waals surface area contributed by atoms with E-state index in [-0.39, 0.29) is 11.4 Å². The topological polar surface area (TPSA) is 37.3 Å². The maximum atomic E-state index is 13.5. The molecule has 0 saturated carbocycles. The third-order valence-corrected chi connectivity index (χ3v) is 3.76. The second-order valence-corrected chi connectivity index (χ2v) is 5.34. The Hall–Kier alpha value is -1.52. The quantitative estimate of drug-likeness (QED) is 0.846. The first-order valence-electron chi connectivity index (χ1n) is 5.46. The lowest BCUT2D eigenvalue weighted by Crippen LogP contribution is -1.95. The largest absolute Gasteiger partial charge is 0.478 e. The van der Waals surface area contributed by atoms with Crippen LogP contribution in [0, 0.1) is 5.82 Å². The van der Waals surface area contributed by atoms with Crippen molar-refractivity contribution < 1.29 is 14.3 Å². The Bertz CT molecular complexity index is 616. The lowest BCUT2D eigenvalue weighted by molar-refractivity contribution is 0.0696. The number of carboxylic acid groups (broad SMARTS) is 1. The molecule has 0 saturated heterocycles. The fourth-order valence-corrected chi connectivity index (χ4v) is 2.66. The average Bonchev–Trinajstić information content (AvgIpc) is 2.40. The molecule has 0 aliphatic carbocycles. The lowest BCUT2D eigenvalue weighted by atomic mass is 10.2. The van der Waals surface area contributed by atoms with E-state index in [0.717, 1.165) is 4.90 Å². The van der Waals surface area contributed by atoms with Crippen molar-refractivity contribution in [1.82, 2.24) is 0 Å². The molecule has 0 atom stereocenters. The van der Waals surface area contributed by atoms with Crippen molar-refractivity contribution in [3.8, 4) is 0 Å². The first kappa shape index (κ1) is 13.9. The molecule has 2 aromatic rings. The number of hydrogen-bond donors (Lipinski definition) is 1. The van der Waals surface area contributed by atoms with E-state index in [4.69, 9.17) is 16.7 Å². The minimum absolute atomic E-state index is 0.219. The van der Waals surface area contributed by atoms with E-state index in [2.05, 4.69) is 0 Å². The van der Waals surface area contributed by atoms with Crippen molar-refractivity contribution in [2.24, 2.45) is 0 Å². The average molecular weight is 297 g/mol. The third-order valence-electron chi connectivity index (χ3n) is 2.48. The van der Waals surface area contributed by atoms with Gasteiger partial charge in [-0.15, -0.1) is 11.8 Å². The molecule has 0 bridgehead atoms.